The Kier molecular flexibility index (Phi) is 5.56. The van der Waals surface area contributed by atoms with Gasteiger partial charge in [-0.3, -0.25) is 9.48 Å². The Morgan fingerprint density at radius 3 is 2.81 bits per heavy atom. The lowest BCUT2D eigenvalue weighted by molar-refractivity contribution is 0.0761. The van der Waals surface area contributed by atoms with Crippen LogP contribution in [0.2, 0.25) is 0 Å². The summed E-state index contributed by atoms with van der Waals surface area (Å²) in [5, 5.41) is 25.5. The average molecular weight is 444 g/mol. The first-order chi connectivity index (χ1) is 15.2. The Labute approximate surface area is 182 Å². The van der Waals surface area contributed by atoms with Gasteiger partial charge in [-0.05, 0) is 19.1 Å². The van der Waals surface area contributed by atoms with Crippen molar-refractivity contribution >= 4 is 17.6 Å². The van der Waals surface area contributed by atoms with Crippen LogP contribution in [0, 0.1) is 28.9 Å². The lowest BCUT2D eigenvalue weighted by Gasteiger charge is -2.33. The molecule has 1 aromatic carbocycles. The fourth-order valence-electron chi connectivity index (χ4n) is 4.25. The third-order valence-electron chi connectivity index (χ3n) is 5.96. The van der Waals surface area contributed by atoms with Crippen molar-refractivity contribution in [2.24, 2.45) is 5.92 Å². The molecule has 2 aromatic rings. The summed E-state index contributed by atoms with van der Waals surface area (Å²) in [6.45, 7) is 2.57. The summed E-state index contributed by atoms with van der Waals surface area (Å²) in [6.07, 6.45) is 0.388. The van der Waals surface area contributed by atoms with Gasteiger partial charge in [0.1, 0.15) is 23.1 Å². The maximum atomic E-state index is 14.4. The van der Waals surface area contributed by atoms with E-state index in [1.54, 1.807) is 18.7 Å². The van der Waals surface area contributed by atoms with Crippen LogP contribution < -0.4 is 5.32 Å². The number of aromatic nitrogens is 2. The molecule has 0 saturated carbocycles. The van der Waals surface area contributed by atoms with Gasteiger partial charge in [-0.25, -0.2) is 13.6 Å². The zero-order valence-electron chi connectivity index (χ0n) is 17.6. The van der Waals surface area contributed by atoms with Crippen molar-refractivity contribution in [3.8, 4) is 6.07 Å². The first kappa shape index (κ1) is 21.7. The summed E-state index contributed by atoms with van der Waals surface area (Å²) in [7, 11) is 1.65. The van der Waals surface area contributed by atoms with Gasteiger partial charge in [0.25, 0.3) is 5.91 Å². The van der Waals surface area contributed by atoms with Crippen molar-refractivity contribution in [3.63, 3.8) is 0 Å². The van der Waals surface area contributed by atoms with Crippen LogP contribution in [-0.4, -0.2) is 62.9 Å². The number of fused-ring (bicyclic) bond motifs is 3. The van der Waals surface area contributed by atoms with Crippen molar-refractivity contribution in [1.82, 2.24) is 19.6 Å². The van der Waals surface area contributed by atoms with E-state index in [1.165, 1.54) is 15.9 Å². The number of hydrogen-bond donors (Lipinski definition) is 2. The van der Waals surface area contributed by atoms with Crippen LogP contribution in [0.15, 0.2) is 12.1 Å². The number of benzene rings is 1. The Balaban J connectivity index is 1.63. The third-order valence-corrected chi connectivity index (χ3v) is 5.96. The van der Waals surface area contributed by atoms with Crippen LogP contribution in [0.1, 0.15) is 34.2 Å². The van der Waals surface area contributed by atoms with Gasteiger partial charge < -0.3 is 20.2 Å². The lowest BCUT2D eigenvalue weighted by Crippen LogP contribution is -2.45. The van der Waals surface area contributed by atoms with Crippen LogP contribution in [0.25, 0.3) is 0 Å². The maximum Gasteiger partial charge on any atom is 0.322 e. The lowest BCUT2D eigenvalue weighted by atomic mass is 9.99. The number of carbonyl (C=O) groups excluding carboxylic acids is 2. The highest BCUT2D eigenvalue weighted by atomic mass is 19.1. The highest BCUT2D eigenvalue weighted by molar-refractivity contribution is 5.95. The second kappa shape index (κ2) is 8.20. The second-order valence-electron chi connectivity index (χ2n) is 8.20. The molecule has 4 rings (SSSR count). The molecular formula is C21H22F2N6O3. The number of carbonyl (C=O) groups is 2. The normalized spacial score (nSPS) is 20.3. The Hall–Kier alpha value is -3.52. The van der Waals surface area contributed by atoms with Gasteiger partial charge in [0.15, 0.2) is 5.82 Å². The molecule has 0 bridgehead atoms. The highest BCUT2D eigenvalue weighted by Gasteiger charge is 2.37. The molecule has 0 fully saturated rings. The zero-order chi connectivity index (χ0) is 23.2. The fraction of sp³-hybridized carbons (Fsp3) is 0.429. The van der Waals surface area contributed by atoms with E-state index in [-0.39, 0.29) is 36.7 Å². The minimum absolute atomic E-state index is 0.0783. The molecule has 2 aliphatic heterocycles. The number of nitriles is 1. The highest BCUT2D eigenvalue weighted by Crippen LogP contribution is 2.30. The molecule has 3 heterocycles. The molecule has 168 valence electrons. The number of aliphatic hydroxyl groups is 1. The van der Waals surface area contributed by atoms with Gasteiger partial charge in [0.05, 0.1) is 17.9 Å². The monoisotopic (exact) mass is 444 g/mol. The minimum atomic E-state index is -1.14. The van der Waals surface area contributed by atoms with E-state index in [2.05, 4.69) is 10.4 Å². The molecule has 32 heavy (non-hydrogen) atoms. The summed E-state index contributed by atoms with van der Waals surface area (Å²) in [6, 6.07) is 2.48. The van der Waals surface area contributed by atoms with Gasteiger partial charge in [-0.2, -0.15) is 10.4 Å². The van der Waals surface area contributed by atoms with Crippen molar-refractivity contribution in [1.29, 1.82) is 5.26 Å². The number of hydrogen-bond acceptors (Lipinski definition) is 5. The second-order valence-corrected chi connectivity index (χ2v) is 8.20. The molecule has 0 spiro atoms. The summed E-state index contributed by atoms with van der Waals surface area (Å²) < 4.78 is 29.6. The van der Waals surface area contributed by atoms with Crippen LogP contribution in [0.3, 0.4) is 0 Å². The van der Waals surface area contributed by atoms with E-state index in [0.29, 0.717) is 36.5 Å². The number of anilines is 1. The van der Waals surface area contributed by atoms with Crippen molar-refractivity contribution in [3.05, 3.63) is 46.3 Å². The number of aliphatic hydroxyl groups excluding tert-OH is 1. The van der Waals surface area contributed by atoms with Gasteiger partial charge >= 0.3 is 6.03 Å². The SMILES string of the molecule is C[C@@H]1Cc2nn3c(c2CN1C(=O)Nc1ccc(F)c(C#N)c1F)C(=O)N(C)C[C@@H](CO)C3. The van der Waals surface area contributed by atoms with Crippen LogP contribution in [0.4, 0.5) is 19.3 Å². The number of urea groups is 1. The summed E-state index contributed by atoms with van der Waals surface area (Å²) in [5.74, 6) is -2.55. The van der Waals surface area contributed by atoms with E-state index < -0.39 is 23.2 Å². The third kappa shape index (κ3) is 3.56. The van der Waals surface area contributed by atoms with Crippen molar-refractivity contribution in [2.75, 3.05) is 25.5 Å². The number of amides is 3. The molecule has 3 amide bonds. The molecule has 0 saturated heterocycles. The molecule has 1 aromatic heterocycles. The van der Waals surface area contributed by atoms with Crippen LogP contribution in [0.5, 0.6) is 0 Å². The maximum absolute atomic E-state index is 14.4. The molecule has 0 radical (unpaired) electrons. The summed E-state index contributed by atoms with van der Waals surface area (Å²) >= 11 is 0. The molecule has 0 aliphatic carbocycles. The number of nitrogens with one attached hydrogen (secondary N) is 1. The van der Waals surface area contributed by atoms with Gasteiger partial charge in [0, 0.05) is 50.7 Å². The molecule has 2 N–H and O–H groups in total. The van der Waals surface area contributed by atoms with Crippen molar-refractivity contribution in [2.45, 2.75) is 32.5 Å². The number of halogens is 2. The summed E-state index contributed by atoms with van der Waals surface area (Å²) in [5.41, 5.74) is 0.623. The molecule has 2 aliphatic rings. The standard InChI is InChI=1S/C21H22F2N6O3/c1-11-5-17-14(19-20(31)27(2)7-12(10-30)8-29(19)26-17)9-28(11)21(32)25-16-4-3-15(22)13(6-24)18(16)23/h3-4,11-12,30H,5,7-10H2,1-2H3,(H,25,32)/t11-,12-/m1/s1. The van der Waals surface area contributed by atoms with E-state index in [4.69, 9.17) is 5.26 Å². The first-order valence-electron chi connectivity index (χ1n) is 10.2. The zero-order valence-corrected chi connectivity index (χ0v) is 17.6. The van der Waals surface area contributed by atoms with E-state index >= 15 is 0 Å². The first-order valence-corrected chi connectivity index (χ1v) is 10.2. The predicted molar refractivity (Wildman–Crippen MR) is 109 cm³/mol. The fourth-order valence-corrected chi connectivity index (χ4v) is 4.25. The smallest absolute Gasteiger partial charge is 0.322 e. The molecule has 2 atom stereocenters. The van der Waals surface area contributed by atoms with E-state index in [9.17, 15) is 23.5 Å². The number of rotatable bonds is 2. The Bertz CT molecular complexity index is 1140. The topological polar surface area (TPSA) is 114 Å². The predicted octanol–water partition coefficient (Wildman–Crippen LogP) is 1.71. The van der Waals surface area contributed by atoms with Crippen LogP contribution >= 0.6 is 0 Å². The van der Waals surface area contributed by atoms with E-state index in [0.717, 1.165) is 12.1 Å². The van der Waals surface area contributed by atoms with Gasteiger partial charge in [-0.15, -0.1) is 0 Å². The largest absolute Gasteiger partial charge is 0.396 e. The van der Waals surface area contributed by atoms with Crippen molar-refractivity contribution < 1.29 is 23.5 Å². The Morgan fingerprint density at radius 1 is 1.38 bits per heavy atom. The van der Waals surface area contributed by atoms with Crippen LogP contribution in [-0.2, 0) is 19.5 Å². The van der Waals surface area contributed by atoms with Gasteiger partial charge in [-0.1, -0.05) is 0 Å². The molecule has 0 unspecified atom stereocenters. The molecule has 9 nitrogen and oxygen atoms in total. The minimum Gasteiger partial charge on any atom is -0.396 e. The number of nitrogens with zero attached hydrogens (tertiary/aromatic N) is 5. The van der Waals surface area contributed by atoms with Gasteiger partial charge in [0.2, 0.25) is 0 Å². The summed E-state index contributed by atoms with van der Waals surface area (Å²) in [4.78, 5) is 28.9. The quantitative estimate of drug-likeness (QED) is 0.732. The molecule has 11 heteroatoms. The molecular weight excluding hydrogens is 422 g/mol. The Morgan fingerprint density at radius 2 is 2.12 bits per heavy atom. The van der Waals surface area contributed by atoms with E-state index in [1.807, 2.05) is 0 Å². The average Bonchev–Trinajstić information content (AvgIpc) is 3.04.